The molecular weight excluding hydrogens is 336 g/mol. The molecule has 140 valence electrons. The normalized spacial score (nSPS) is 10.6. The van der Waals surface area contributed by atoms with E-state index in [1.165, 1.54) is 11.1 Å². The van der Waals surface area contributed by atoms with Gasteiger partial charge in [0.1, 0.15) is 5.82 Å². The average molecular weight is 362 g/mol. The van der Waals surface area contributed by atoms with Gasteiger partial charge in [0.2, 0.25) is 5.95 Å². The van der Waals surface area contributed by atoms with Crippen LogP contribution < -0.4 is 10.6 Å². The Balaban J connectivity index is 1.97. The van der Waals surface area contributed by atoms with Gasteiger partial charge in [-0.2, -0.15) is 4.98 Å². The number of aromatic nitrogens is 2. The number of hydrogen-bond acceptors (Lipinski definition) is 5. The van der Waals surface area contributed by atoms with Gasteiger partial charge in [-0.15, -0.1) is 0 Å². The number of nitrogens with zero attached hydrogens (tertiary/aromatic N) is 2. The SMILES string of the molecule is CCc1cccc(C)c1Nc1nc(NCCOC)cc(-c2ccccc2)n1. The molecule has 0 bridgehead atoms. The van der Waals surface area contributed by atoms with Crippen molar-refractivity contribution in [3.63, 3.8) is 0 Å². The second-order valence-electron chi connectivity index (χ2n) is 6.34. The van der Waals surface area contributed by atoms with E-state index in [9.17, 15) is 0 Å². The average Bonchev–Trinajstić information content (AvgIpc) is 2.70. The molecule has 0 radical (unpaired) electrons. The molecule has 27 heavy (non-hydrogen) atoms. The van der Waals surface area contributed by atoms with Crippen LogP contribution in [0.1, 0.15) is 18.1 Å². The van der Waals surface area contributed by atoms with Crippen molar-refractivity contribution >= 4 is 17.5 Å². The minimum Gasteiger partial charge on any atom is -0.383 e. The van der Waals surface area contributed by atoms with Gasteiger partial charge in [0.25, 0.3) is 0 Å². The lowest BCUT2D eigenvalue weighted by atomic mass is 10.1. The molecule has 0 spiro atoms. The number of para-hydroxylation sites is 1. The lowest BCUT2D eigenvalue weighted by Gasteiger charge is -2.15. The molecule has 5 heteroatoms. The van der Waals surface area contributed by atoms with Gasteiger partial charge in [-0.05, 0) is 24.5 Å². The lowest BCUT2D eigenvalue weighted by molar-refractivity contribution is 0.210. The largest absolute Gasteiger partial charge is 0.383 e. The molecule has 0 fully saturated rings. The van der Waals surface area contributed by atoms with E-state index in [1.807, 2.05) is 24.3 Å². The van der Waals surface area contributed by atoms with E-state index < -0.39 is 0 Å². The first kappa shape index (κ1) is 18.9. The summed E-state index contributed by atoms with van der Waals surface area (Å²) in [6.45, 7) is 5.55. The molecule has 2 aromatic carbocycles. The molecule has 0 atom stereocenters. The highest BCUT2D eigenvalue weighted by Crippen LogP contribution is 2.27. The summed E-state index contributed by atoms with van der Waals surface area (Å²) in [6.07, 6.45) is 0.946. The maximum absolute atomic E-state index is 5.13. The first-order valence-corrected chi connectivity index (χ1v) is 9.24. The van der Waals surface area contributed by atoms with Crippen molar-refractivity contribution in [1.29, 1.82) is 0 Å². The second-order valence-corrected chi connectivity index (χ2v) is 6.34. The zero-order chi connectivity index (χ0) is 19.1. The highest BCUT2D eigenvalue weighted by Gasteiger charge is 2.10. The van der Waals surface area contributed by atoms with Crippen molar-refractivity contribution in [3.05, 3.63) is 65.7 Å². The Kier molecular flexibility index (Phi) is 6.39. The molecular formula is C22H26N4O. The van der Waals surface area contributed by atoms with Gasteiger partial charge >= 0.3 is 0 Å². The number of hydrogen-bond donors (Lipinski definition) is 2. The van der Waals surface area contributed by atoms with Crippen molar-refractivity contribution < 1.29 is 4.74 Å². The second kappa shape index (κ2) is 9.14. The third-order valence-corrected chi connectivity index (χ3v) is 4.38. The maximum atomic E-state index is 5.13. The van der Waals surface area contributed by atoms with Crippen LogP contribution >= 0.6 is 0 Å². The van der Waals surface area contributed by atoms with Gasteiger partial charge in [0.15, 0.2) is 0 Å². The van der Waals surface area contributed by atoms with Gasteiger partial charge in [0, 0.05) is 31.0 Å². The van der Waals surface area contributed by atoms with E-state index in [4.69, 9.17) is 9.72 Å². The summed E-state index contributed by atoms with van der Waals surface area (Å²) in [5, 5.41) is 6.75. The highest BCUT2D eigenvalue weighted by molar-refractivity contribution is 5.68. The summed E-state index contributed by atoms with van der Waals surface area (Å²) in [6, 6.07) is 18.4. The van der Waals surface area contributed by atoms with E-state index in [2.05, 4.69) is 59.8 Å². The Hall–Kier alpha value is -2.92. The number of ether oxygens (including phenoxy) is 1. The lowest BCUT2D eigenvalue weighted by Crippen LogP contribution is -2.11. The van der Waals surface area contributed by atoms with Crippen molar-refractivity contribution in [2.24, 2.45) is 0 Å². The molecule has 3 rings (SSSR count). The predicted molar refractivity (Wildman–Crippen MR) is 112 cm³/mol. The number of aryl methyl sites for hydroxylation is 2. The first-order chi connectivity index (χ1) is 13.2. The van der Waals surface area contributed by atoms with Gasteiger partial charge in [-0.1, -0.05) is 55.5 Å². The van der Waals surface area contributed by atoms with Gasteiger partial charge in [-0.3, -0.25) is 0 Å². The number of rotatable bonds is 8. The number of anilines is 3. The fourth-order valence-corrected chi connectivity index (χ4v) is 2.95. The molecule has 0 aliphatic heterocycles. The Labute approximate surface area is 160 Å². The van der Waals surface area contributed by atoms with E-state index in [0.717, 1.165) is 29.2 Å². The topological polar surface area (TPSA) is 59.1 Å². The van der Waals surface area contributed by atoms with Crippen LogP contribution in [-0.4, -0.2) is 30.2 Å². The zero-order valence-electron chi connectivity index (χ0n) is 16.1. The highest BCUT2D eigenvalue weighted by atomic mass is 16.5. The summed E-state index contributed by atoms with van der Waals surface area (Å²) in [7, 11) is 1.69. The van der Waals surface area contributed by atoms with Crippen LogP contribution in [0, 0.1) is 6.92 Å². The van der Waals surface area contributed by atoms with Crippen LogP contribution in [0.25, 0.3) is 11.3 Å². The molecule has 0 saturated carbocycles. The Bertz CT molecular complexity index is 881. The summed E-state index contributed by atoms with van der Waals surface area (Å²) >= 11 is 0. The van der Waals surface area contributed by atoms with E-state index in [1.54, 1.807) is 7.11 Å². The minimum atomic E-state index is 0.584. The Morgan fingerprint density at radius 2 is 1.81 bits per heavy atom. The molecule has 0 saturated heterocycles. The number of nitrogens with one attached hydrogen (secondary N) is 2. The quantitative estimate of drug-likeness (QED) is 0.563. The molecule has 2 N–H and O–H groups in total. The third kappa shape index (κ3) is 4.83. The molecule has 5 nitrogen and oxygen atoms in total. The van der Waals surface area contributed by atoms with E-state index >= 15 is 0 Å². The minimum absolute atomic E-state index is 0.584. The fraction of sp³-hybridized carbons (Fsp3) is 0.273. The molecule has 1 heterocycles. The van der Waals surface area contributed by atoms with Gasteiger partial charge in [-0.25, -0.2) is 4.98 Å². The van der Waals surface area contributed by atoms with Crippen LogP contribution in [0.4, 0.5) is 17.5 Å². The molecule has 0 aliphatic rings. The Morgan fingerprint density at radius 3 is 2.56 bits per heavy atom. The monoisotopic (exact) mass is 362 g/mol. The third-order valence-electron chi connectivity index (χ3n) is 4.38. The Morgan fingerprint density at radius 1 is 1.00 bits per heavy atom. The molecule has 3 aromatic rings. The van der Waals surface area contributed by atoms with Crippen LogP contribution in [0.3, 0.4) is 0 Å². The molecule has 1 aromatic heterocycles. The fourth-order valence-electron chi connectivity index (χ4n) is 2.95. The van der Waals surface area contributed by atoms with Crippen molar-refractivity contribution in [3.8, 4) is 11.3 Å². The predicted octanol–water partition coefficient (Wildman–Crippen LogP) is 4.82. The zero-order valence-corrected chi connectivity index (χ0v) is 16.1. The van der Waals surface area contributed by atoms with Crippen molar-refractivity contribution in [2.45, 2.75) is 20.3 Å². The molecule has 0 aliphatic carbocycles. The van der Waals surface area contributed by atoms with E-state index in [-0.39, 0.29) is 0 Å². The standard InChI is InChI=1S/C22H26N4O/c1-4-17-12-8-9-16(2)21(17)26-22-24-19(18-10-6-5-7-11-18)15-20(25-22)23-13-14-27-3/h5-12,15H,4,13-14H2,1-3H3,(H2,23,24,25,26). The van der Waals surface area contributed by atoms with Gasteiger partial charge < -0.3 is 15.4 Å². The molecule has 0 amide bonds. The number of benzene rings is 2. The summed E-state index contributed by atoms with van der Waals surface area (Å²) < 4.78 is 5.13. The van der Waals surface area contributed by atoms with Gasteiger partial charge in [0.05, 0.1) is 12.3 Å². The smallest absolute Gasteiger partial charge is 0.229 e. The summed E-state index contributed by atoms with van der Waals surface area (Å²) in [5.74, 6) is 1.36. The summed E-state index contributed by atoms with van der Waals surface area (Å²) in [4.78, 5) is 9.40. The van der Waals surface area contributed by atoms with Crippen molar-refractivity contribution in [2.75, 3.05) is 30.9 Å². The maximum Gasteiger partial charge on any atom is 0.229 e. The van der Waals surface area contributed by atoms with Crippen LogP contribution in [-0.2, 0) is 11.2 Å². The molecule has 0 unspecified atom stereocenters. The first-order valence-electron chi connectivity index (χ1n) is 9.24. The van der Waals surface area contributed by atoms with Crippen molar-refractivity contribution in [1.82, 2.24) is 9.97 Å². The van der Waals surface area contributed by atoms with Crippen LogP contribution in [0.5, 0.6) is 0 Å². The van der Waals surface area contributed by atoms with Crippen LogP contribution in [0.2, 0.25) is 0 Å². The summed E-state index contributed by atoms with van der Waals surface area (Å²) in [5.41, 5.74) is 5.43. The van der Waals surface area contributed by atoms with E-state index in [0.29, 0.717) is 19.1 Å². The van der Waals surface area contributed by atoms with Crippen LogP contribution in [0.15, 0.2) is 54.6 Å². The number of methoxy groups -OCH3 is 1.